The average Bonchev–Trinajstić information content (AvgIpc) is 3.34. The van der Waals surface area contributed by atoms with E-state index in [0.29, 0.717) is 0 Å². The van der Waals surface area contributed by atoms with Crippen molar-refractivity contribution < 1.29 is 48.0 Å². The van der Waals surface area contributed by atoms with Crippen molar-refractivity contribution in [3.8, 4) is 0 Å². The summed E-state index contributed by atoms with van der Waals surface area (Å²) in [5.41, 5.74) is 6.36. The number of fused-ring (bicyclic) bond motifs is 10. The Morgan fingerprint density at radius 2 is 1.03 bits per heavy atom. The van der Waals surface area contributed by atoms with Crippen LogP contribution in [0.1, 0.15) is 29.5 Å². The van der Waals surface area contributed by atoms with E-state index in [-0.39, 0.29) is 24.8 Å². The number of halogens is 2. The van der Waals surface area contributed by atoms with E-state index in [4.69, 9.17) is 0 Å². The molecule has 4 heteroatoms. The third kappa shape index (κ3) is 2.90. The molecule has 2 atom stereocenters. The van der Waals surface area contributed by atoms with E-state index in [2.05, 4.69) is 98.0 Å². The molecule has 0 bridgehead atoms. The van der Waals surface area contributed by atoms with Gasteiger partial charge in [-0.3, -0.25) is 0 Å². The van der Waals surface area contributed by atoms with Crippen molar-refractivity contribution in [2.45, 2.75) is 20.3 Å². The van der Waals surface area contributed by atoms with E-state index in [9.17, 15) is 0 Å². The van der Waals surface area contributed by atoms with Crippen LogP contribution in [0.5, 0.6) is 0 Å². The normalized spacial score (nSPS) is 20.9. The van der Waals surface area contributed by atoms with Gasteiger partial charge in [0, 0.05) is 0 Å². The first-order valence-electron chi connectivity index (χ1n) is 10.9. The fourth-order valence-corrected chi connectivity index (χ4v) is 19.7. The van der Waals surface area contributed by atoms with E-state index >= 15 is 0 Å². The SMILES string of the molecule is C[Si]1(C)C2=Cc3c(ccc4ccccc34)[C@@H]2[Zr+2][C@H]2C1=Cc1c2ccc2ccccc12.[Cl-].[Cl-]. The van der Waals surface area contributed by atoms with Crippen LogP contribution in [0.25, 0.3) is 33.7 Å². The van der Waals surface area contributed by atoms with E-state index in [0.717, 1.165) is 7.25 Å². The van der Waals surface area contributed by atoms with Gasteiger partial charge in [0.25, 0.3) is 0 Å². The molecule has 0 amide bonds. The van der Waals surface area contributed by atoms with Gasteiger partial charge in [-0.25, -0.2) is 0 Å². The molecule has 3 aliphatic rings. The van der Waals surface area contributed by atoms with E-state index in [1.165, 1.54) is 32.7 Å². The van der Waals surface area contributed by atoms with Gasteiger partial charge in [0.15, 0.2) is 0 Å². The molecular weight excluding hydrogens is 527 g/mol. The zero-order valence-corrected chi connectivity index (χ0v) is 23.0. The molecule has 0 unspecified atom stereocenters. The zero-order valence-electron chi connectivity index (χ0n) is 18.0. The molecule has 4 aromatic rings. The third-order valence-corrected chi connectivity index (χ3v) is 17.5. The predicted molar refractivity (Wildman–Crippen MR) is 127 cm³/mol. The average molecular weight is 549 g/mol. The smallest absolute Gasteiger partial charge is 1.00 e. The number of rotatable bonds is 0. The fourth-order valence-electron chi connectivity index (χ4n) is 6.04. The molecule has 32 heavy (non-hydrogen) atoms. The predicted octanol–water partition coefficient (Wildman–Crippen LogP) is 1.46. The molecule has 2 aliphatic carbocycles. The maximum atomic E-state index is 2.63. The minimum absolute atomic E-state index is 0. The fraction of sp³-hybridized carbons (Fsp3) is 0.143. The minimum Gasteiger partial charge on any atom is -1.00 e. The van der Waals surface area contributed by atoms with Crippen molar-refractivity contribution in [1.82, 2.24) is 0 Å². The largest absolute Gasteiger partial charge is 1.00 e. The monoisotopic (exact) mass is 546 g/mol. The van der Waals surface area contributed by atoms with Crippen LogP contribution in [-0.4, -0.2) is 8.07 Å². The second-order valence-corrected chi connectivity index (χ2v) is 17.5. The van der Waals surface area contributed by atoms with Crippen LogP contribution >= 0.6 is 0 Å². The van der Waals surface area contributed by atoms with Crippen LogP contribution in [0.15, 0.2) is 83.2 Å². The van der Waals surface area contributed by atoms with Crippen molar-refractivity contribution in [2.75, 3.05) is 0 Å². The summed E-state index contributed by atoms with van der Waals surface area (Å²) < 4.78 is 1.52. The topological polar surface area (TPSA) is 0 Å². The van der Waals surface area contributed by atoms with Crippen molar-refractivity contribution >= 4 is 41.8 Å². The van der Waals surface area contributed by atoms with Gasteiger partial charge < -0.3 is 24.8 Å². The van der Waals surface area contributed by atoms with Gasteiger partial charge in [0.05, 0.1) is 0 Å². The summed E-state index contributed by atoms with van der Waals surface area (Å²) in [6.45, 7) is 5.23. The first kappa shape index (κ1) is 22.4. The third-order valence-electron chi connectivity index (χ3n) is 7.63. The van der Waals surface area contributed by atoms with E-state index < -0.39 is 31.3 Å². The molecule has 156 valence electrons. The van der Waals surface area contributed by atoms with Gasteiger partial charge in [-0.15, -0.1) is 0 Å². The summed E-state index contributed by atoms with van der Waals surface area (Å²) in [4.78, 5) is 0. The van der Waals surface area contributed by atoms with Gasteiger partial charge in [0.2, 0.25) is 0 Å². The Balaban J connectivity index is 0.00000108. The molecule has 4 aromatic carbocycles. The van der Waals surface area contributed by atoms with Gasteiger partial charge >= 0.3 is 191 Å². The molecule has 0 spiro atoms. The second kappa shape index (κ2) is 7.81. The summed E-state index contributed by atoms with van der Waals surface area (Å²) >= 11 is -0.708. The molecular formula is C28H22Cl2SiZr. The molecule has 7 rings (SSSR count). The van der Waals surface area contributed by atoms with Crippen LogP contribution in [0.4, 0.5) is 0 Å². The maximum absolute atomic E-state index is 2.63. The molecule has 0 aromatic heterocycles. The Morgan fingerprint density at radius 3 is 1.50 bits per heavy atom. The van der Waals surface area contributed by atoms with E-state index in [1.807, 2.05) is 10.4 Å². The van der Waals surface area contributed by atoms with Crippen LogP contribution in [-0.2, 0) is 23.2 Å². The Morgan fingerprint density at radius 1 is 0.594 bits per heavy atom. The zero-order chi connectivity index (χ0) is 20.0. The molecule has 0 radical (unpaired) electrons. The van der Waals surface area contributed by atoms with Gasteiger partial charge in [0.1, 0.15) is 0 Å². The van der Waals surface area contributed by atoms with Crippen LogP contribution in [0.3, 0.4) is 0 Å². The summed E-state index contributed by atoms with van der Waals surface area (Å²) in [5.74, 6) is 0. The maximum Gasteiger partial charge on any atom is -1.00 e. The number of hydrogen-bond donors (Lipinski definition) is 0. The van der Waals surface area contributed by atoms with E-state index in [1.54, 1.807) is 11.1 Å². The Bertz CT molecular complexity index is 1360. The molecule has 0 saturated carbocycles. The molecule has 0 nitrogen and oxygen atoms in total. The molecule has 1 fully saturated rings. The summed E-state index contributed by atoms with van der Waals surface area (Å²) in [7, 11) is -1.66. The number of hydrogen-bond acceptors (Lipinski definition) is 0. The second-order valence-electron chi connectivity index (χ2n) is 9.44. The van der Waals surface area contributed by atoms with Crippen LogP contribution < -0.4 is 24.8 Å². The molecule has 1 aliphatic heterocycles. The van der Waals surface area contributed by atoms with Gasteiger partial charge in [-0.1, -0.05) is 0 Å². The van der Waals surface area contributed by atoms with Gasteiger partial charge in [-0.05, 0) is 0 Å². The molecule has 0 N–H and O–H groups in total. The molecule has 1 saturated heterocycles. The Hall–Kier alpha value is -1.44. The van der Waals surface area contributed by atoms with Crippen LogP contribution in [0.2, 0.25) is 13.1 Å². The molecule has 1 heterocycles. The first-order valence-corrected chi connectivity index (χ1v) is 16.7. The van der Waals surface area contributed by atoms with Crippen molar-refractivity contribution in [3.63, 3.8) is 0 Å². The van der Waals surface area contributed by atoms with Gasteiger partial charge in [-0.2, -0.15) is 0 Å². The summed E-state index contributed by atoms with van der Waals surface area (Å²) in [6.07, 6.45) is 5.26. The van der Waals surface area contributed by atoms with Crippen molar-refractivity contribution in [3.05, 3.63) is 105 Å². The Labute approximate surface area is 214 Å². The summed E-state index contributed by atoms with van der Waals surface area (Å²) in [6, 6.07) is 27.5. The van der Waals surface area contributed by atoms with Crippen molar-refractivity contribution in [2.24, 2.45) is 0 Å². The van der Waals surface area contributed by atoms with Crippen molar-refractivity contribution in [1.29, 1.82) is 0 Å². The Kier molecular flexibility index (Phi) is 5.46. The van der Waals surface area contributed by atoms with Crippen LogP contribution in [0, 0.1) is 0 Å². The number of allylic oxidation sites excluding steroid dienone is 2. The number of benzene rings is 4. The first-order chi connectivity index (χ1) is 14.6. The standard InChI is InChI=1S/C28H22Si.2ClH.Zr/c1-29(2,23-15-21-13-11-19-7-3-5-9-25(19)27(21)17-23)24-16-22-14-12-20-8-4-6-10-26(20)28(22)18-24;;;/h3-18H,1-2H3;2*1H;/q;;;+2/p-2. The summed E-state index contributed by atoms with van der Waals surface area (Å²) in [5, 5.41) is 9.30. The minimum atomic E-state index is -1.66. The quantitative estimate of drug-likeness (QED) is 0.292.